The third-order valence-corrected chi connectivity index (χ3v) is 6.32. The van der Waals surface area contributed by atoms with E-state index < -0.39 is 26.7 Å². The summed E-state index contributed by atoms with van der Waals surface area (Å²) in [5.41, 5.74) is 2.11. The van der Waals surface area contributed by atoms with E-state index in [1.54, 1.807) is 12.2 Å². The SMILES string of the molecule is Cc1cc(C)c(OC2C=CC=C(Cl)N2S(=O)(=O)c2ccc[nH]c2=O)c(C)c1. The maximum atomic E-state index is 13.1. The van der Waals surface area contributed by atoms with Crippen LogP contribution in [0, 0.1) is 20.8 Å². The first kappa shape index (κ1) is 19.3. The molecule has 1 aliphatic heterocycles. The molecule has 0 radical (unpaired) electrons. The van der Waals surface area contributed by atoms with Crippen molar-refractivity contribution in [3.8, 4) is 5.75 Å². The molecule has 0 bridgehead atoms. The Morgan fingerprint density at radius 1 is 1.19 bits per heavy atom. The second-order valence-electron chi connectivity index (χ2n) is 6.27. The van der Waals surface area contributed by atoms with Crippen molar-refractivity contribution in [1.29, 1.82) is 0 Å². The van der Waals surface area contributed by atoms with Gasteiger partial charge in [0.2, 0.25) is 6.23 Å². The van der Waals surface area contributed by atoms with Gasteiger partial charge in [-0.3, -0.25) is 4.79 Å². The van der Waals surface area contributed by atoms with Gasteiger partial charge < -0.3 is 9.72 Å². The van der Waals surface area contributed by atoms with E-state index in [-0.39, 0.29) is 5.16 Å². The van der Waals surface area contributed by atoms with E-state index >= 15 is 0 Å². The van der Waals surface area contributed by atoms with E-state index in [1.807, 2.05) is 32.9 Å². The molecule has 2 aromatic rings. The minimum Gasteiger partial charge on any atom is -0.465 e. The van der Waals surface area contributed by atoms with Gasteiger partial charge in [-0.15, -0.1) is 0 Å². The maximum Gasteiger partial charge on any atom is 0.273 e. The maximum absolute atomic E-state index is 13.1. The van der Waals surface area contributed by atoms with Crippen molar-refractivity contribution in [2.24, 2.45) is 0 Å². The smallest absolute Gasteiger partial charge is 0.273 e. The number of allylic oxidation sites excluding steroid dienone is 2. The van der Waals surface area contributed by atoms with Crippen molar-refractivity contribution in [2.75, 3.05) is 0 Å². The van der Waals surface area contributed by atoms with Gasteiger partial charge in [-0.1, -0.05) is 35.4 Å². The molecule has 0 amide bonds. The molecule has 0 saturated heterocycles. The standard InChI is InChI=1S/C19H19ClN2O4S/c1-12-10-13(2)18(14(3)11-12)26-17-8-4-7-16(20)22(17)27(24,25)15-6-5-9-21-19(15)23/h4-11,17H,1-3H3,(H,21,23). The van der Waals surface area contributed by atoms with Gasteiger partial charge in [0, 0.05) is 6.20 Å². The average molecular weight is 407 g/mol. The van der Waals surface area contributed by atoms with Crippen molar-refractivity contribution < 1.29 is 13.2 Å². The van der Waals surface area contributed by atoms with Crippen LogP contribution in [0.5, 0.6) is 5.75 Å². The lowest BCUT2D eigenvalue weighted by Gasteiger charge is -2.32. The Morgan fingerprint density at radius 3 is 2.48 bits per heavy atom. The van der Waals surface area contributed by atoms with Crippen LogP contribution < -0.4 is 10.3 Å². The molecule has 0 spiro atoms. The normalized spacial score (nSPS) is 17.0. The fourth-order valence-corrected chi connectivity index (χ4v) is 4.91. The third kappa shape index (κ3) is 3.65. The van der Waals surface area contributed by atoms with E-state index in [2.05, 4.69) is 4.98 Å². The predicted octanol–water partition coefficient (Wildman–Crippen LogP) is 3.35. The largest absolute Gasteiger partial charge is 0.465 e. The molecule has 1 aromatic heterocycles. The number of ether oxygens (including phenoxy) is 1. The number of nitrogens with zero attached hydrogens (tertiary/aromatic N) is 1. The van der Waals surface area contributed by atoms with Gasteiger partial charge in [0.25, 0.3) is 15.6 Å². The number of aryl methyl sites for hydroxylation is 3. The Balaban J connectivity index is 2.06. The first-order valence-corrected chi connectivity index (χ1v) is 10.0. The van der Waals surface area contributed by atoms with E-state index in [4.69, 9.17) is 16.3 Å². The van der Waals surface area contributed by atoms with Crippen LogP contribution in [0.1, 0.15) is 16.7 Å². The second kappa shape index (κ2) is 7.25. The van der Waals surface area contributed by atoms with Gasteiger partial charge in [0.05, 0.1) is 0 Å². The van der Waals surface area contributed by atoms with Crippen molar-refractivity contribution in [1.82, 2.24) is 9.29 Å². The first-order chi connectivity index (χ1) is 12.7. The monoisotopic (exact) mass is 406 g/mol. The minimum absolute atomic E-state index is 0.0619. The molecule has 0 saturated carbocycles. The van der Waals surface area contributed by atoms with Crippen LogP contribution in [0.3, 0.4) is 0 Å². The van der Waals surface area contributed by atoms with Crippen molar-refractivity contribution in [2.45, 2.75) is 31.9 Å². The summed E-state index contributed by atoms with van der Waals surface area (Å²) in [4.78, 5) is 14.0. The number of aromatic amines is 1. The molecule has 1 unspecified atom stereocenters. The molecule has 1 N–H and O–H groups in total. The molecule has 1 aromatic carbocycles. The molecule has 27 heavy (non-hydrogen) atoms. The van der Waals surface area contributed by atoms with Crippen LogP contribution in [0.15, 0.2) is 63.5 Å². The molecule has 3 rings (SSSR count). The predicted molar refractivity (Wildman–Crippen MR) is 104 cm³/mol. The summed E-state index contributed by atoms with van der Waals surface area (Å²) in [7, 11) is -4.23. The average Bonchev–Trinajstić information content (AvgIpc) is 2.58. The lowest BCUT2D eigenvalue weighted by Crippen LogP contribution is -2.43. The number of aromatic nitrogens is 1. The Morgan fingerprint density at radius 2 is 1.85 bits per heavy atom. The third-order valence-electron chi connectivity index (χ3n) is 4.11. The van der Waals surface area contributed by atoms with Gasteiger partial charge in [0.1, 0.15) is 10.9 Å². The van der Waals surface area contributed by atoms with Crippen LogP contribution >= 0.6 is 11.6 Å². The van der Waals surface area contributed by atoms with Crippen LogP contribution in [0.25, 0.3) is 0 Å². The van der Waals surface area contributed by atoms with Crippen LogP contribution in [0.4, 0.5) is 0 Å². The topological polar surface area (TPSA) is 79.5 Å². The molecule has 6 nitrogen and oxygen atoms in total. The number of halogens is 1. The van der Waals surface area contributed by atoms with Gasteiger partial charge >= 0.3 is 0 Å². The molecule has 2 heterocycles. The summed E-state index contributed by atoms with van der Waals surface area (Å²) in [6.07, 6.45) is 4.96. The number of sulfonamides is 1. The molecule has 1 atom stereocenters. The van der Waals surface area contributed by atoms with E-state index in [0.717, 1.165) is 21.0 Å². The molecule has 0 fully saturated rings. The van der Waals surface area contributed by atoms with Gasteiger partial charge in [-0.25, -0.2) is 12.7 Å². The fourth-order valence-electron chi connectivity index (χ4n) is 3.03. The van der Waals surface area contributed by atoms with Gasteiger partial charge in [0.15, 0.2) is 4.90 Å². The molecule has 8 heteroatoms. The van der Waals surface area contributed by atoms with Crippen LogP contribution in [0.2, 0.25) is 0 Å². The van der Waals surface area contributed by atoms with Crippen LogP contribution in [-0.4, -0.2) is 23.9 Å². The zero-order chi connectivity index (χ0) is 19.8. The van der Waals surface area contributed by atoms with Crippen molar-refractivity contribution >= 4 is 21.6 Å². The quantitative estimate of drug-likeness (QED) is 0.789. The number of rotatable bonds is 4. The number of benzene rings is 1. The Hall–Kier alpha value is -2.51. The first-order valence-electron chi connectivity index (χ1n) is 8.22. The zero-order valence-corrected chi connectivity index (χ0v) is 16.6. The zero-order valence-electron chi connectivity index (χ0n) is 15.1. The number of hydrogen-bond donors (Lipinski definition) is 1. The summed E-state index contributed by atoms with van der Waals surface area (Å²) in [6, 6.07) is 6.58. The molecule has 1 aliphatic rings. The molecular weight excluding hydrogens is 388 g/mol. The Bertz CT molecular complexity index is 1080. The summed E-state index contributed by atoms with van der Waals surface area (Å²) in [6.45, 7) is 5.75. The number of nitrogens with one attached hydrogen (secondary N) is 1. The highest BCUT2D eigenvalue weighted by Crippen LogP contribution is 2.32. The highest BCUT2D eigenvalue weighted by atomic mass is 35.5. The van der Waals surface area contributed by atoms with Crippen molar-refractivity contribution in [3.05, 3.63) is 80.9 Å². The van der Waals surface area contributed by atoms with Crippen LogP contribution in [-0.2, 0) is 10.0 Å². The lowest BCUT2D eigenvalue weighted by molar-refractivity contribution is 0.154. The van der Waals surface area contributed by atoms with Gasteiger partial charge in [-0.2, -0.15) is 0 Å². The number of pyridine rings is 1. The Labute approximate surface area is 162 Å². The highest BCUT2D eigenvalue weighted by molar-refractivity contribution is 7.89. The highest BCUT2D eigenvalue weighted by Gasteiger charge is 2.36. The summed E-state index contributed by atoms with van der Waals surface area (Å²) in [5.74, 6) is 0.573. The number of hydrogen-bond acceptors (Lipinski definition) is 4. The molecule has 142 valence electrons. The van der Waals surface area contributed by atoms with Gasteiger partial charge in [-0.05, 0) is 56.2 Å². The minimum atomic E-state index is -4.23. The Kier molecular flexibility index (Phi) is 5.17. The van der Waals surface area contributed by atoms with E-state index in [0.29, 0.717) is 5.75 Å². The summed E-state index contributed by atoms with van der Waals surface area (Å²) >= 11 is 6.20. The summed E-state index contributed by atoms with van der Waals surface area (Å²) < 4.78 is 33.1. The summed E-state index contributed by atoms with van der Waals surface area (Å²) in [5, 5.41) is -0.0619. The van der Waals surface area contributed by atoms with E-state index in [1.165, 1.54) is 24.4 Å². The number of H-pyrrole nitrogens is 1. The fraction of sp³-hybridized carbons (Fsp3) is 0.211. The lowest BCUT2D eigenvalue weighted by atomic mass is 10.1. The molecule has 0 aliphatic carbocycles. The molecular formula is C19H19ClN2O4S. The second-order valence-corrected chi connectivity index (χ2v) is 8.45. The van der Waals surface area contributed by atoms with E-state index in [9.17, 15) is 13.2 Å². The van der Waals surface area contributed by atoms with Crippen molar-refractivity contribution in [3.63, 3.8) is 0 Å².